The molecule has 7 nitrogen and oxygen atoms in total. The first kappa shape index (κ1) is 22.4. The molecule has 32 heavy (non-hydrogen) atoms. The smallest absolute Gasteiger partial charge is 0.226 e. The van der Waals surface area contributed by atoms with E-state index in [2.05, 4.69) is 15.4 Å². The van der Waals surface area contributed by atoms with Gasteiger partial charge in [0.1, 0.15) is 11.6 Å². The number of amides is 1. The lowest BCUT2D eigenvalue weighted by Crippen LogP contribution is -2.19. The molecule has 0 radical (unpaired) electrons. The van der Waals surface area contributed by atoms with Gasteiger partial charge in [0.2, 0.25) is 11.0 Å². The van der Waals surface area contributed by atoms with E-state index in [1.807, 2.05) is 13.0 Å². The molecule has 0 saturated heterocycles. The fourth-order valence-electron chi connectivity index (χ4n) is 3.11. The van der Waals surface area contributed by atoms with Gasteiger partial charge in [0.15, 0.2) is 9.84 Å². The van der Waals surface area contributed by atoms with Crippen molar-refractivity contribution in [3.8, 4) is 5.13 Å². The van der Waals surface area contributed by atoms with E-state index in [1.54, 1.807) is 19.1 Å². The third-order valence-electron chi connectivity index (χ3n) is 4.74. The first-order valence-electron chi connectivity index (χ1n) is 9.55. The highest BCUT2D eigenvalue weighted by Crippen LogP contribution is 2.34. The summed E-state index contributed by atoms with van der Waals surface area (Å²) in [6.45, 7) is 3.71. The topological polar surface area (TPSA) is 94.0 Å². The van der Waals surface area contributed by atoms with Crippen molar-refractivity contribution in [3.05, 3.63) is 64.6 Å². The summed E-state index contributed by atoms with van der Waals surface area (Å²) in [4.78, 5) is 17.1. The van der Waals surface area contributed by atoms with E-state index in [1.165, 1.54) is 28.2 Å². The highest BCUT2D eigenvalue weighted by Gasteiger charge is 2.19. The van der Waals surface area contributed by atoms with Crippen LogP contribution in [0.5, 0.6) is 0 Å². The third kappa shape index (κ3) is 4.52. The van der Waals surface area contributed by atoms with Gasteiger partial charge in [-0.1, -0.05) is 29.0 Å². The maximum absolute atomic E-state index is 13.0. The number of sulfone groups is 1. The van der Waals surface area contributed by atoms with Crippen LogP contribution in [0.3, 0.4) is 0 Å². The van der Waals surface area contributed by atoms with E-state index in [9.17, 15) is 17.6 Å². The lowest BCUT2D eigenvalue weighted by molar-refractivity contribution is -0.115. The monoisotopic (exact) mass is 492 g/mol. The fraction of sp³-hybridized carbons (Fsp3) is 0.190. The Bertz CT molecular complexity index is 1390. The minimum Gasteiger partial charge on any atom is -0.310 e. The molecule has 0 saturated carbocycles. The molecule has 0 spiro atoms. The molecule has 0 unspecified atom stereocenters. The fourth-order valence-corrected chi connectivity index (χ4v) is 5.63. The van der Waals surface area contributed by atoms with Crippen molar-refractivity contribution >= 4 is 54.7 Å². The molecular weight excluding hydrogens is 475 g/mol. The van der Waals surface area contributed by atoms with Crippen LogP contribution in [0.25, 0.3) is 15.3 Å². The van der Waals surface area contributed by atoms with Crippen LogP contribution in [0.4, 0.5) is 10.2 Å². The molecule has 0 aliphatic heterocycles. The molecule has 0 aliphatic rings. The average Bonchev–Trinajstić information content (AvgIpc) is 3.34. The number of nitrogens with one attached hydrogen (secondary N) is 1. The summed E-state index contributed by atoms with van der Waals surface area (Å²) in [6, 6.07) is 9.86. The van der Waals surface area contributed by atoms with Crippen LogP contribution in [0.2, 0.25) is 5.02 Å². The quantitative estimate of drug-likeness (QED) is 0.394. The van der Waals surface area contributed by atoms with Crippen molar-refractivity contribution < 1.29 is 17.6 Å². The Morgan fingerprint density at radius 3 is 2.59 bits per heavy atom. The second-order valence-corrected chi connectivity index (χ2v) is 10.7. The first-order chi connectivity index (χ1) is 15.1. The van der Waals surface area contributed by atoms with Gasteiger partial charge in [0.25, 0.3) is 0 Å². The summed E-state index contributed by atoms with van der Waals surface area (Å²) < 4.78 is 40.2. The van der Waals surface area contributed by atoms with Crippen LogP contribution >= 0.6 is 22.9 Å². The third-order valence-corrected chi connectivity index (χ3v) is 7.96. The van der Waals surface area contributed by atoms with Crippen molar-refractivity contribution in [1.29, 1.82) is 0 Å². The lowest BCUT2D eigenvalue weighted by atomic mass is 10.2. The van der Waals surface area contributed by atoms with Crippen molar-refractivity contribution in [1.82, 2.24) is 14.8 Å². The molecule has 2 aromatic carbocycles. The summed E-state index contributed by atoms with van der Waals surface area (Å²) in [5.41, 5.74) is 2.38. The van der Waals surface area contributed by atoms with Crippen molar-refractivity contribution in [3.63, 3.8) is 0 Å². The summed E-state index contributed by atoms with van der Waals surface area (Å²) in [7, 11) is -3.72. The van der Waals surface area contributed by atoms with Crippen LogP contribution in [0.15, 0.2) is 47.4 Å². The molecule has 2 heterocycles. The maximum Gasteiger partial charge on any atom is 0.226 e. The second kappa shape index (κ2) is 8.61. The summed E-state index contributed by atoms with van der Waals surface area (Å²) in [5, 5.41) is 8.22. The van der Waals surface area contributed by atoms with E-state index in [0.717, 1.165) is 27.9 Å². The number of rotatable bonds is 6. The molecule has 1 amide bonds. The summed E-state index contributed by atoms with van der Waals surface area (Å²) >= 11 is 7.64. The minimum atomic E-state index is -3.72. The number of thiazole rings is 1. The van der Waals surface area contributed by atoms with Crippen molar-refractivity contribution in [2.24, 2.45) is 0 Å². The van der Waals surface area contributed by atoms with Crippen molar-refractivity contribution in [2.75, 3.05) is 11.1 Å². The zero-order chi connectivity index (χ0) is 23.0. The highest BCUT2D eigenvalue weighted by atomic mass is 35.5. The second-order valence-electron chi connectivity index (χ2n) is 7.19. The molecule has 0 bridgehead atoms. The number of anilines is 1. The lowest BCUT2D eigenvalue weighted by Gasteiger charge is -2.07. The van der Waals surface area contributed by atoms with Gasteiger partial charge >= 0.3 is 0 Å². The molecule has 0 aliphatic carbocycles. The van der Waals surface area contributed by atoms with E-state index >= 15 is 0 Å². The van der Waals surface area contributed by atoms with E-state index in [0.29, 0.717) is 21.7 Å². The number of carbonyl (C=O) groups excluding carboxylic acids is 1. The SMILES string of the molecule is Cc1cc(NC(=O)CCS(=O)(=O)c2ccc(F)cc2)n(-c2nc3c(C)ccc(Cl)c3s2)n1. The van der Waals surface area contributed by atoms with Gasteiger partial charge in [-0.15, -0.1) is 0 Å². The van der Waals surface area contributed by atoms with Gasteiger partial charge in [-0.25, -0.2) is 17.8 Å². The van der Waals surface area contributed by atoms with Gasteiger partial charge in [0.05, 0.1) is 31.6 Å². The van der Waals surface area contributed by atoms with Gasteiger partial charge in [0, 0.05) is 12.5 Å². The Hall–Kier alpha value is -2.82. The Labute approximate surface area is 192 Å². The standard InChI is InChI=1S/C21H18ClFN4O3S2/c1-12-3-8-16(22)20-19(12)25-21(31-20)27-17(11-13(2)26-27)24-18(28)9-10-32(29,30)15-6-4-14(23)5-7-15/h3-8,11H,9-10H2,1-2H3,(H,24,28). The largest absolute Gasteiger partial charge is 0.310 e. The van der Waals surface area contributed by atoms with E-state index in [4.69, 9.17) is 11.6 Å². The van der Waals surface area contributed by atoms with Crippen molar-refractivity contribution in [2.45, 2.75) is 25.2 Å². The first-order valence-corrected chi connectivity index (χ1v) is 12.4. The Morgan fingerprint density at radius 1 is 1.19 bits per heavy atom. The van der Waals surface area contributed by atoms with E-state index < -0.39 is 27.3 Å². The Kier molecular flexibility index (Phi) is 6.02. The highest BCUT2D eigenvalue weighted by molar-refractivity contribution is 7.91. The van der Waals surface area contributed by atoms with Gasteiger partial charge in [-0.2, -0.15) is 9.78 Å². The van der Waals surface area contributed by atoms with Crippen LogP contribution in [0, 0.1) is 19.7 Å². The Morgan fingerprint density at radius 2 is 1.91 bits per heavy atom. The number of aryl methyl sites for hydroxylation is 2. The van der Waals surface area contributed by atoms with Crippen LogP contribution < -0.4 is 5.32 Å². The predicted molar refractivity (Wildman–Crippen MR) is 123 cm³/mol. The summed E-state index contributed by atoms with van der Waals surface area (Å²) in [6.07, 6.45) is -0.269. The molecule has 2 aromatic heterocycles. The minimum absolute atomic E-state index is 0.0330. The summed E-state index contributed by atoms with van der Waals surface area (Å²) in [5.74, 6) is -1.06. The maximum atomic E-state index is 13.0. The molecule has 11 heteroatoms. The van der Waals surface area contributed by atoms with Crippen LogP contribution in [-0.4, -0.2) is 34.8 Å². The molecule has 4 rings (SSSR count). The number of carbonyl (C=O) groups is 1. The molecule has 166 valence electrons. The zero-order valence-electron chi connectivity index (χ0n) is 17.1. The molecule has 0 fully saturated rings. The normalized spacial score (nSPS) is 11.8. The van der Waals surface area contributed by atoms with Crippen LogP contribution in [0.1, 0.15) is 17.7 Å². The number of halogens is 2. The van der Waals surface area contributed by atoms with Gasteiger partial charge < -0.3 is 5.32 Å². The molecule has 0 atom stereocenters. The van der Waals surface area contributed by atoms with Crippen LogP contribution in [-0.2, 0) is 14.6 Å². The van der Waals surface area contributed by atoms with Gasteiger partial charge in [-0.3, -0.25) is 4.79 Å². The zero-order valence-corrected chi connectivity index (χ0v) is 19.5. The van der Waals surface area contributed by atoms with Gasteiger partial charge in [-0.05, 0) is 49.7 Å². The number of hydrogen-bond acceptors (Lipinski definition) is 6. The number of benzene rings is 2. The molecular formula is C21H18ClFN4O3S2. The number of aromatic nitrogens is 3. The Balaban J connectivity index is 1.53. The molecule has 4 aromatic rings. The number of hydrogen-bond donors (Lipinski definition) is 1. The number of nitrogens with zero attached hydrogens (tertiary/aromatic N) is 3. The molecule has 1 N–H and O–H groups in total. The average molecular weight is 493 g/mol. The predicted octanol–water partition coefficient (Wildman–Crippen LogP) is 4.69. The number of fused-ring (bicyclic) bond motifs is 1. The van der Waals surface area contributed by atoms with E-state index in [-0.39, 0.29) is 11.3 Å².